The molecule has 0 atom stereocenters. The van der Waals surface area contributed by atoms with Crippen molar-refractivity contribution in [3.05, 3.63) is 130 Å². The fourth-order valence-corrected chi connectivity index (χ4v) is 4.98. The summed E-state index contributed by atoms with van der Waals surface area (Å²) >= 11 is 0. The first-order chi connectivity index (χ1) is 20.9. The van der Waals surface area contributed by atoms with Crippen LogP contribution in [-0.4, -0.2) is 23.1 Å². The van der Waals surface area contributed by atoms with Gasteiger partial charge in [0, 0.05) is 45.2 Å². The number of rotatable bonds is 10. The molecule has 6 rings (SSSR count). The van der Waals surface area contributed by atoms with E-state index in [1.807, 2.05) is 0 Å². The normalized spacial score (nSPS) is 13.1. The Morgan fingerprint density at radius 3 is 1.18 bits per heavy atom. The molecule has 220 valence electrons. The summed E-state index contributed by atoms with van der Waals surface area (Å²) in [6, 6.07) is 22.8. The molecule has 4 aromatic rings. The monoisotopic (exact) mass is 588 g/mol. The second kappa shape index (κ2) is 10.6. The van der Waals surface area contributed by atoms with Crippen LogP contribution in [0.15, 0.2) is 97.1 Å². The van der Waals surface area contributed by atoms with E-state index in [1.54, 1.807) is 125 Å². The third-order valence-corrected chi connectivity index (χ3v) is 7.76. The number of benzene rings is 4. The lowest BCUT2D eigenvalue weighted by atomic mass is 9.78. The van der Waals surface area contributed by atoms with Gasteiger partial charge in [0.2, 0.25) is 0 Å². The van der Waals surface area contributed by atoms with E-state index in [9.17, 15) is 19.2 Å². The maximum absolute atomic E-state index is 13.4. The lowest BCUT2D eigenvalue weighted by molar-refractivity contribution is -0.0849. The molecule has 2 aliphatic heterocycles. The average molecular weight is 589 g/mol. The maximum atomic E-state index is 13.4. The van der Waals surface area contributed by atoms with Crippen LogP contribution in [0.1, 0.15) is 80.3 Å². The van der Waals surface area contributed by atoms with E-state index < -0.39 is 10.8 Å². The third-order valence-electron chi connectivity index (χ3n) is 7.76. The summed E-state index contributed by atoms with van der Waals surface area (Å²) in [4.78, 5) is 72.9. The van der Waals surface area contributed by atoms with Gasteiger partial charge >= 0.3 is 0 Å². The highest BCUT2D eigenvalue weighted by atomic mass is 17.2. The number of fused-ring (bicyclic) bond motifs is 4. The third kappa shape index (κ3) is 5.26. The smallest absolute Gasteiger partial charge is 0.196 e. The number of Topliss-reactive ketones (excluding diaryl/α,β-unsaturated/α-hetero) is 2. The van der Waals surface area contributed by atoms with Gasteiger partial charge in [-0.25, -0.2) is 0 Å². The van der Waals surface area contributed by atoms with E-state index in [0.29, 0.717) is 56.4 Å². The Morgan fingerprint density at radius 2 is 0.818 bits per heavy atom. The molecule has 0 aliphatic carbocycles. The van der Waals surface area contributed by atoms with Crippen LogP contribution in [0.3, 0.4) is 0 Å². The highest BCUT2D eigenvalue weighted by Crippen LogP contribution is 2.35. The number of hydrogen-bond donors (Lipinski definition) is 0. The molecular formula is C36H28O8. The molecule has 2 aliphatic rings. The van der Waals surface area contributed by atoms with Gasteiger partial charge in [-0.2, -0.15) is 0 Å². The molecule has 0 spiro atoms. The molecular weight excluding hydrogens is 560 g/mol. The molecule has 44 heavy (non-hydrogen) atoms. The molecule has 4 aromatic carbocycles. The molecule has 0 N–H and O–H groups in total. The zero-order valence-electron chi connectivity index (χ0n) is 24.5. The van der Waals surface area contributed by atoms with Crippen molar-refractivity contribution >= 4 is 23.1 Å². The van der Waals surface area contributed by atoms with Gasteiger partial charge < -0.3 is 0 Å². The van der Waals surface area contributed by atoms with Gasteiger partial charge in [0.25, 0.3) is 0 Å². The molecule has 0 fully saturated rings. The molecule has 4 bridgehead atoms. The molecule has 0 unspecified atom stereocenters. The van der Waals surface area contributed by atoms with Crippen molar-refractivity contribution in [1.82, 2.24) is 0 Å². The minimum absolute atomic E-state index is 0.163. The number of allylic oxidation sites excluding steroid dienone is 2. The van der Waals surface area contributed by atoms with E-state index in [-0.39, 0.29) is 23.1 Å². The lowest BCUT2D eigenvalue weighted by Gasteiger charge is -2.24. The fraction of sp³-hybridized carbons (Fsp3) is 0.167. The Morgan fingerprint density at radius 1 is 0.477 bits per heavy atom. The summed E-state index contributed by atoms with van der Waals surface area (Å²) in [5, 5.41) is 0. The van der Waals surface area contributed by atoms with Gasteiger partial charge in [-0.3, -0.25) is 38.7 Å². The van der Waals surface area contributed by atoms with Crippen molar-refractivity contribution in [2.45, 2.75) is 27.7 Å². The zero-order chi connectivity index (χ0) is 31.2. The lowest BCUT2D eigenvalue weighted by Crippen LogP contribution is -2.26. The Bertz CT molecular complexity index is 1720. The van der Waals surface area contributed by atoms with Crippen molar-refractivity contribution in [2.24, 2.45) is 10.8 Å². The largest absolute Gasteiger partial charge is 0.293 e. The van der Waals surface area contributed by atoms with Gasteiger partial charge in [0.1, 0.15) is 0 Å². The van der Waals surface area contributed by atoms with Gasteiger partial charge in [-0.05, 0) is 52.0 Å². The molecule has 0 saturated carbocycles. The topological polar surface area (TPSA) is 105 Å². The van der Waals surface area contributed by atoms with E-state index in [4.69, 9.17) is 19.6 Å². The standard InChI is InChI=1S/C36H28O8/c1-35(2,33(39)23-9-5-21(6-10-23)31(37)27-15-13-25-19-29(27)43-41-25)17-18-36(3,4)34(40)24-11-7-22(8-12-24)32(38)28-16-14-26-20-30(28)44-42-26/h5-20H,1-4H3/b18-17+. The maximum Gasteiger partial charge on any atom is 0.196 e. The van der Waals surface area contributed by atoms with Crippen LogP contribution < -0.4 is 19.6 Å². The Kier molecular flexibility index (Phi) is 6.92. The minimum Gasteiger partial charge on any atom is -0.293 e. The summed E-state index contributed by atoms with van der Waals surface area (Å²) in [6.45, 7) is 7.11. The van der Waals surface area contributed by atoms with Crippen molar-refractivity contribution in [2.75, 3.05) is 0 Å². The van der Waals surface area contributed by atoms with Crippen LogP contribution in [0.4, 0.5) is 0 Å². The predicted octanol–water partition coefficient (Wildman–Crippen LogP) is 7.20. The van der Waals surface area contributed by atoms with Crippen LogP contribution >= 0.6 is 0 Å². The van der Waals surface area contributed by atoms with E-state index in [2.05, 4.69) is 0 Å². The minimum atomic E-state index is -0.935. The molecule has 0 radical (unpaired) electrons. The highest BCUT2D eigenvalue weighted by Gasteiger charge is 2.31. The second-order valence-electron chi connectivity index (χ2n) is 11.9. The van der Waals surface area contributed by atoms with Gasteiger partial charge in [0.05, 0.1) is 11.1 Å². The van der Waals surface area contributed by atoms with Crippen molar-refractivity contribution < 1.29 is 38.7 Å². The van der Waals surface area contributed by atoms with E-state index >= 15 is 0 Å². The Labute approximate surface area is 253 Å². The predicted molar refractivity (Wildman–Crippen MR) is 161 cm³/mol. The zero-order valence-corrected chi connectivity index (χ0v) is 24.5. The number of ketones is 4. The first-order valence-corrected chi connectivity index (χ1v) is 14.0. The first-order valence-electron chi connectivity index (χ1n) is 14.0. The highest BCUT2D eigenvalue weighted by molar-refractivity contribution is 6.12. The summed E-state index contributed by atoms with van der Waals surface area (Å²) in [5.41, 5.74) is 0.562. The molecule has 2 heterocycles. The summed E-state index contributed by atoms with van der Waals surface area (Å²) < 4.78 is 0. The second-order valence-corrected chi connectivity index (χ2v) is 11.9. The summed E-state index contributed by atoms with van der Waals surface area (Å²) in [6.07, 6.45) is 3.47. The number of carbonyl (C=O) groups excluding carboxylic acids is 4. The van der Waals surface area contributed by atoms with E-state index in [1.165, 1.54) is 0 Å². The van der Waals surface area contributed by atoms with Crippen LogP contribution in [0.5, 0.6) is 23.0 Å². The molecule has 8 nitrogen and oxygen atoms in total. The van der Waals surface area contributed by atoms with Crippen molar-refractivity contribution in [3.8, 4) is 23.0 Å². The molecule has 0 amide bonds. The van der Waals surface area contributed by atoms with Gasteiger partial charge in [-0.15, -0.1) is 0 Å². The van der Waals surface area contributed by atoms with Crippen molar-refractivity contribution in [1.29, 1.82) is 0 Å². The molecule has 8 heteroatoms. The number of hydrogen-bond acceptors (Lipinski definition) is 8. The molecule has 0 saturated heterocycles. The number of carbonyl (C=O) groups is 4. The van der Waals surface area contributed by atoms with Gasteiger partial charge in [0.15, 0.2) is 46.1 Å². The average Bonchev–Trinajstić information content (AvgIpc) is 3.60. The SMILES string of the molecule is CC(C)(/C=C/C(C)(C)C(=O)c1ccc(C(=O)c2ccc3cc2OO3)cc1)C(=O)c1ccc(C(=O)c2ccc3cc2OO3)cc1. The summed E-state index contributed by atoms with van der Waals surface area (Å²) in [5.74, 6) is 0.953. The quantitative estimate of drug-likeness (QED) is 0.109. The Balaban J connectivity index is 1.12. The van der Waals surface area contributed by atoms with Crippen LogP contribution in [0.25, 0.3) is 0 Å². The van der Waals surface area contributed by atoms with E-state index in [0.717, 1.165) is 0 Å². The summed E-state index contributed by atoms with van der Waals surface area (Å²) in [7, 11) is 0. The Hall–Kier alpha value is -5.50. The van der Waals surface area contributed by atoms with Gasteiger partial charge in [-0.1, -0.05) is 60.7 Å². The molecule has 0 aromatic heterocycles. The van der Waals surface area contributed by atoms with Crippen molar-refractivity contribution in [3.63, 3.8) is 0 Å². The fourth-order valence-electron chi connectivity index (χ4n) is 4.98. The van der Waals surface area contributed by atoms with Crippen LogP contribution in [0, 0.1) is 10.8 Å². The van der Waals surface area contributed by atoms with Crippen LogP contribution in [-0.2, 0) is 0 Å². The first kappa shape index (κ1) is 28.6. The van der Waals surface area contributed by atoms with Crippen LogP contribution in [0.2, 0.25) is 0 Å².